The molecule has 0 unspecified atom stereocenters. The predicted octanol–water partition coefficient (Wildman–Crippen LogP) is 1.40. The van der Waals surface area contributed by atoms with E-state index in [2.05, 4.69) is 10.3 Å². The fourth-order valence-electron chi connectivity index (χ4n) is 1.13. The molecule has 0 saturated heterocycles. The average molecular weight is 181 g/mol. The van der Waals surface area contributed by atoms with Gasteiger partial charge in [-0.05, 0) is 12.1 Å². The monoisotopic (exact) mass is 180 g/mol. The van der Waals surface area contributed by atoms with Gasteiger partial charge in [0.1, 0.15) is 0 Å². The molecule has 2 rings (SSSR count). The molecular formula is C8H7ClN3. The normalized spacial score (nSPS) is 14.6. The van der Waals surface area contributed by atoms with Crippen LogP contribution in [0.1, 0.15) is 5.56 Å². The van der Waals surface area contributed by atoms with Crippen molar-refractivity contribution in [1.82, 2.24) is 5.32 Å². The van der Waals surface area contributed by atoms with Crippen LogP contribution in [0.5, 0.6) is 0 Å². The zero-order chi connectivity index (χ0) is 8.55. The summed E-state index contributed by atoms with van der Waals surface area (Å²) in [7, 11) is 0. The Morgan fingerprint density at radius 1 is 1.42 bits per heavy atom. The minimum atomic E-state index is 0.324. The third-order valence-electron chi connectivity index (χ3n) is 1.73. The van der Waals surface area contributed by atoms with Crippen molar-refractivity contribution in [2.45, 2.75) is 6.54 Å². The van der Waals surface area contributed by atoms with E-state index in [4.69, 9.17) is 17.3 Å². The van der Waals surface area contributed by atoms with E-state index in [0.717, 1.165) is 11.3 Å². The van der Waals surface area contributed by atoms with Crippen LogP contribution in [0, 0.1) is 0 Å². The number of halogens is 1. The number of fused-ring (bicyclic) bond motifs is 1. The molecule has 12 heavy (non-hydrogen) atoms. The van der Waals surface area contributed by atoms with Gasteiger partial charge in [-0.15, -0.1) is 0 Å². The highest BCUT2D eigenvalue weighted by Gasteiger charge is 2.12. The molecule has 61 valence electrons. The standard InChI is InChI=1S/C8H7ClN3/c9-6-2-1-3-7-5(6)4-11-8(10)12-7/h1-3H,4H2,(H2,10,12). The quantitative estimate of drug-likeness (QED) is 0.645. The predicted molar refractivity (Wildman–Crippen MR) is 48.6 cm³/mol. The van der Waals surface area contributed by atoms with Gasteiger partial charge >= 0.3 is 0 Å². The second-order valence-corrected chi connectivity index (χ2v) is 2.93. The minimum Gasteiger partial charge on any atom is -0.368 e. The lowest BCUT2D eigenvalue weighted by Crippen LogP contribution is -2.27. The van der Waals surface area contributed by atoms with E-state index < -0.39 is 0 Å². The summed E-state index contributed by atoms with van der Waals surface area (Å²) in [5.41, 5.74) is 7.22. The molecule has 0 aromatic heterocycles. The molecule has 0 amide bonds. The van der Waals surface area contributed by atoms with Crippen molar-refractivity contribution in [2.75, 3.05) is 0 Å². The van der Waals surface area contributed by atoms with Crippen molar-refractivity contribution in [2.24, 2.45) is 10.7 Å². The van der Waals surface area contributed by atoms with E-state index in [1.54, 1.807) is 0 Å². The molecule has 1 aromatic carbocycles. The lowest BCUT2D eigenvalue weighted by molar-refractivity contribution is 0.867. The second kappa shape index (κ2) is 2.68. The van der Waals surface area contributed by atoms with Crippen LogP contribution in [0.3, 0.4) is 0 Å². The topological polar surface area (TPSA) is 52.5 Å². The highest BCUT2D eigenvalue weighted by atomic mass is 35.5. The summed E-state index contributed by atoms with van der Waals surface area (Å²) in [6.45, 7) is 0.532. The Morgan fingerprint density at radius 2 is 2.25 bits per heavy atom. The Kier molecular flexibility index (Phi) is 1.66. The smallest absolute Gasteiger partial charge is 0.216 e. The zero-order valence-electron chi connectivity index (χ0n) is 6.29. The second-order valence-electron chi connectivity index (χ2n) is 2.52. The van der Waals surface area contributed by atoms with Gasteiger partial charge in [-0.2, -0.15) is 0 Å². The van der Waals surface area contributed by atoms with Crippen molar-refractivity contribution in [3.63, 3.8) is 0 Å². The fraction of sp³-hybridized carbons (Fsp3) is 0.125. The van der Waals surface area contributed by atoms with Crippen LogP contribution in [0.4, 0.5) is 5.69 Å². The molecular weight excluding hydrogens is 174 g/mol. The highest BCUT2D eigenvalue weighted by molar-refractivity contribution is 6.31. The van der Waals surface area contributed by atoms with Crippen LogP contribution < -0.4 is 11.1 Å². The molecule has 0 saturated carbocycles. The first-order chi connectivity index (χ1) is 5.77. The van der Waals surface area contributed by atoms with Gasteiger partial charge in [0.05, 0.1) is 12.2 Å². The first-order valence-corrected chi connectivity index (χ1v) is 3.94. The van der Waals surface area contributed by atoms with Crippen LogP contribution in [0.25, 0.3) is 0 Å². The van der Waals surface area contributed by atoms with Crippen molar-refractivity contribution < 1.29 is 0 Å². The van der Waals surface area contributed by atoms with Gasteiger partial charge < -0.3 is 5.73 Å². The third kappa shape index (κ3) is 1.12. The molecule has 3 nitrogen and oxygen atoms in total. The van der Waals surface area contributed by atoms with Crippen molar-refractivity contribution in [1.29, 1.82) is 0 Å². The Bertz CT molecular complexity index is 346. The number of nitrogens with two attached hydrogens (primary N) is 1. The zero-order valence-corrected chi connectivity index (χ0v) is 7.04. The van der Waals surface area contributed by atoms with Gasteiger partial charge in [0.15, 0.2) is 0 Å². The number of benzene rings is 1. The van der Waals surface area contributed by atoms with Gasteiger partial charge in [0.25, 0.3) is 0 Å². The maximum Gasteiger partial charge on any atom is 0.216 e. The molecule has 0 spiro atoms. The molecule has 1 aliphatic heterocycles. The molecule has 2 N–H and O–H groups in total. The molecule has 1 aromatic rings. The molecule has 1 aliphatic rings. The summed E-state index contributed by atoms with van der Waals surface area (Å²) in [5.74, 6) is 0.324. The first-order valence-electron chi connectivity index (χ1n) is 3.56. The van der Waals surface area contributed by atoms with E-state index in [0.29, 0.717) is 17.5 Å². The maximum atomic E-state index is 5.92. The summed E-state index contributed by atoms with van der Waals surface area (Å²) < 4.78 is 0. The van der Waals surface area contributed by atoms with Gasteiger partial charge in [-0.3, -0.25) is 0 Å². The summed E-state index contributed by atoms with van der Waals surface area (Å²) in [6, 6.07) is 5.55. The van der Waals surface area contributed by atoms with Crippen LogP contribution in [-0.4, -0.2) is 5.96 Å². The van der Waals surface area contributed by atoms with Crippen LogP contribution in [0.15, 0.2) is 23.2 Å². The van der Waals surface area contributed by atoms with E-state index in [9.17, 15) is 0 Å². The lowest BCUT2D eigenvalue weighted by Gasteiger charge is -2.13. The highest BCUT2D eigenvalue weighted by Crippen LogP contribution is 2.28. The van der Waals surface area contributed by atoms with Crippen molar-refractivity contribution in [3.8, 4) is 0 Å². The van der Waals surface area contributed by atoms with Crippen LogP contribution in [0.2, 0.25) is 5.02 Å². The van der Waals surface area contributed by atoms with E-state index in [1.807, 2.05) is 18.2 Å². The van der Waals surface area contributed by atoms with Gasteiger partial charge in [-0.25, -0.2) is 10.3 Å². The Hall–Kier alpha value is -1.22. The van der Waals surface area contributed by atoms with Crippen molar-refractivity contribution in [3.05, 3.63) is 28.8 Å². The number of hydrogen-bond donors (Lipinski definition) is 1. The largest absolute Gasteiger partial charge is 0.368 e. The fourth-order valence-corrected chi connectivity index (χ4v) is 1.36. The van der Waals surface area contributed by atoms with Crippen LogP contribution >= 0.6 is 11.6 Å². The number of aliphatic imine (C=N–C) groups is 1. The van der Waals surface area contributed by atoms with Gasteiger partial charge in [-0.1, -0.05) is 17.7 Å². The lowest BCUT2D eigenvalue weighted by atomic mass is 10.1. The number of hydrogen-bond acceptors (Lipinski definition) is 2. The molecule has 4 heteroatoms. The van der Waals surface area contributed by atoms with Crippen LogP contribution in [-0.2, 0) is 6.54 Å². The number of nitrogens with zero attached hydrogens (tertiary/aromatic N) is 2. The van der Waals surface area contributed by atoms with Gasteiger partial charge in [0, 0.05) is 10.6 Å². The van der Waals surface area contributed by atoms with E-state index in [-0.39, 0.29) is 0 Å². The molecule has 0 atom stereocenters. The summed E-state index contributed by atoms with van der Waals surface area (Å²) >= 11 is 5.92. The van der Waals surface area contributed by atoms with E-state index in [1.165, 1.54) is 0 Å². The molecule has 1 heterocycles. The maximum absolute atomic E-state index is 5.92. The number of rotatable bonds is 0. The summed E-state index contributed by atoms with van der Waals surface area (Å²) in [6.07, 6.45) is 0. The van der Waals surface area contributed by atoms with Crippen molar-refractivity contribution >= 4 is 23.2 Å². The Morgan fingerprint density at radius 3 is 3.08 bits per heavy atom. The molecule has 0 bridgehead atoms. The molecule has 0 fully saturated rings. The number of guanidine groups is 1. The first kappa shape index (κ1) is 7.43. The minimum absolute atomic E-state index is 0.324. The summed E-state index contributed by atoms with van der Waals surface area (Å²) in [5, 5.41) is 4.68. The van der Waals surface area contributed by atoms with Gasteiger partial charge in [0.2, 0.25) is 5.96 Å². The third-order valence-corrected chi connectivity index (χ3v) is 2.08. The Labute approximate surface area is 75.2 Å². The molecule has 1 radical (unpaired) electrons. The van der Waals surface area contributed by atoms with E-state index >= 15 is 0 Å². The molecule has 0 aliphatic carbocycles. The Balaban J connectivity index is 2.57. The average Bonchev–Trinajstić information content (AvgIpc) is 2.04. The SMILES string of the molecule is NC1=Nc2cccc(Cl)c2C[N]1. The summed E-state index contributed by atoms with van der Waals surface area (Å²) in [4.78, 5) is 4.05.